The van der Waals surface area contributed by atoms with E-state index in [9.17, 15) is 9.59 Å². The lowest BCUT2D eigenvalue weighted by Crippen LogP contribution is -2.58. The van der Waals surface area contributed by atoms with Crippen LogP contribution < -0.4 is 5.32 Å². The molecule has 0 saturated carbocycles. The lowest BCUT2D eigenvalue weighted by Gasteiger charge is -2.39. The fourth-order valence-electron chi connectivity index (χ4n) is 4.15. The molecule has 2 unspecified atom stereocenters. The first kappa shape index (κ1) is 21.6. The lowest BCUT2D eigenvalue weighted by molar-refractivity contribution is -0.114. The van der Waals surface area contributed by atoms with Crippen LogP contribution in [-0.4, -0.2) is 72.3 Å². The minimum atomic E-state index is -0.392. The van der Waals surface area contributed by atoms with Gasteiger partial charge in [0.05, 0.1) is 12.1 Å². The summed E-state index contributed by atoms with van der Waals surface area (Å²) in [6.45, 7) is 3.40. The molecule has 31 heavy (non-hydrogen) atoms. The second-order valence-corrected chi connectivity index (χ2v) is 8.59. The molecule has 0 spiro atoms. The number of aromatic nitrogens is 1. The summed E-state index contributed by atoms with van der Waals surface area (Å²) in [7, 11) is 2.08. The zero-order chi connectivity index (χ0) is 21.8. The number of benzene rings is 2. The van der Waals surface area contributed by atoms with Crippen LogP contribution in [0.15, 0.2) is 54.6 Å². The third-order valence-corrected chi connectivity index (χ3v) is 6.19. The number of hydrogen-bond acceptors (Lipinski definition) is 4. The van der Waals surface area contributed by atoms with E-state index in [0.717, 1.165) is 48.9 Å². The van der Waals surface area contributed by atoms with Crippen molar-refractivity contribution in [3.05, 3.63) is 70.9 Å². The minimum Gasteiger partial charge on any atom is -0.351 e. The molecule has 0 bridgehead atoms. The van der Waals surface area contributed by atoms with Crippen molar-refractivity contribution in [2.24, 2.45) is 0 Å². The van der Waals surface area contributed by atoms with Gasteiger partial charge in [-0.05, 0) is 43.3 Å². The van der Waals surface area contributed by atoms with Crippen LogP contribution in [0, 0.1) is 0 Å². The Morgan fingerprint density at radius 2 is 1.87 bits per heavy atom. The first-order chi connectivity index (χ1) is 15.0. The van der Waals surface area contributed by atoms with Crippen molar-refractivity contribution in [3.8, 4) is 0 Å². The number of aromatic amines is 1. The van der Waals surface area contributed by atoms with Gasteiger partial charge < -0.3 is 20.0 Å². The van der Waals surface area contributed by atoms with Crippen LogP contribution in [0.1, 0.15) is 16.1 Å². The maximum absolute atomic E-state index is 13.1. The number of carbonyl (C=O) groups excluding carboxylic acids is 2. The van der Waals surface area contributed by atoms with Crippen LogP contribution in [-0.2, 0) is 11.2 Å². The zero-order valence-electron chi connectivity index (χ0n) is 17.6. The highest BCUT2D eigenvalue weighted by atomic mass is 35.5. The maximum atomic E-state index is 13.1. The van der Waals surface area contributed by atoms with E-state index >= 15 is 0 Å². The van der Waals surface area contributed by atoms with Gasteiger partial charge in [0.15, 0.2) is 0 Å². The van der Waals surface area contributed by atoms with E-state index in [1.165, 1.54) is 0 Å². The number of hydrogen-bond donors (Lipinski definition) is 2. The minimum absolute atomic E-state index is 0.228. The predicted molar refractivity (Wildman–Crippen MR) is 124 cm³/mol. The molecule has 1 fully saturated rings. The highest BCUT2D eigenvalue weighted by molar-refractivity contribution is 6.31. The number of carbonyl (C=O) groups is 2. The van der Waals surface area contributed by atoms with Gasteiger partial charge in [-0.15, -0.1) is 0 Å². The van der Waals surface area contributed by atoms with Crippen molar-refractivity contribution >= 4 is 34.7 Å². The number of H-pyrrole nitrogens is 1. The summed E-state index contributed by atoms with van der Waals surface area (Å²) in [4.78, 5) is 32.9. The zero-order valence-corrected chi connectivity index (χ0v) is 18.3. The topological polar surface area (TPSA) is 68.4 Å². The third kappa shape index (κ3) is 5.15. The fourth-order valence-corrected chi connectivity index (χ4v) is 4.33. The van der Waals surface area contributed by atoms with E-state index in [2.05, 4.69) is 27.1 Å². The van der Waals surface area contributed by atoms with Gasteiger partial charge in [0.1, 0.15) is 12.0 Å². The summed E-state index contributed by atoms with van der Waals surface area (Å²) >= 11 is 6.08. The largest absolute Gasteiger partial charge is 0.351 e. The Bertz CT molecular complexity index is 1040. The SMILES string of the molecule is CN1CCN(C(C=O)C(Cc2ccccc2)NC(=O)c2cc3cc(Cl)ccc3[nH]2)CC1. The number of nitrogens with one attached hydrogen (secondary N) is 2. The third-order valence-electron chi connectivity index (χ3n) is 5.95. The van der Waals surface area contributed by atoms with Gasteiger partial charge in [0, 0.05) is 42.1 Å². The molecule has 1 aromatic heterocycles. The van der Waals surface area contributed by atoms with Crippen molar-refractivity contribution in [2.75, 3.05) is 33.2 Å². The number of nitrogens with zero attached hydrogens (tertiary/aromatic N) is 2. The van der Waals surface area contributed by atoms with E-state index in [-0.39, 0.29) is 11.9 Å². The maximum Gasteiger partial charge on any atom is 0.268 e. The van der Waals surface area contributed by atoms with E-state index in [0.29, 0.717) is 17.1 Å². The molecule has 7 heteroatoms. The summed E-state index contributed by atoms with van der Waals surface area (Å²) < 4.78 is 0. The highest BCUT2D eigenvalue weighted by Gasteiger charge is 2.31. The number of fused-ring (bicyclic) bond motifs is 1. The summed E-state index contributed by atoms with van der Waals surface area (Å²) in [6, 6.07) is 16.5. The molecule has 3 aromatic rings. The summed E-state index contributed by atoms with van der Waals surface area (Å²) in [6.07, 6.45) is 1.55. The molecule has 1 amide bonds. The number of piperazine rings is 1. The summed E-state index contributed by atoms with van der Waals surface area (Å²) in [5.41, 5.74) is 2.38. The summed E-state index contributed by atoms with van der Waals surface area (Å²) in [5.74, 6) is -0.228. The molecule has 2 N–H and O–H groups in total. The Kier molecular flexibility index (Phi) is 6.70. The average Bonchev–Trinajstić information content (AvgIpc) is 3.19. The van der Waals surface area contributed by atoms with Crippen molar-refractivity contribution < 1.29 is 9.59 Å². The molecule has 2 heterocycles. The smallest absolute Gasteiger partial charge is 0.268 e. The van der Waals surface area contributed by atoms with E-state index < -0.39 is 6.04 Å². The first-order valence-electron chi connectivity index (χ1n) is 10.5. The molecule has 162 valence electrons. The van der Waals surface area contributed by atoms with Crippen LogP contribution >= 0.6 is 11.6 Å². The molecule has 0 aliphatic carbocycles. The summed E-state index contributed by atoms with van der Waals surface area (Å²) in [5, 5.41) is 4.63. The van der Waals surface area contributed by atoms with Crippen LogP contribution in [0.2, 0.25) is 5.02 Å². The number of amides is 1. The normalized spacial score (nSPS) is 17.4. The number of rotatable bonds is 7. The molecule has 0 radical (unpaired) electrons. The van der Waals surface area contributed by atoms with Crippen molar-refractivity contribution in [1.82, 2.24) is 20.1 Å². The standard InChI is InChI=1S/C24H27ClN4O2/c1-28-9-11-29(12-10-28)23(16-30)21(13-17-5-3-2-4-6-17)27-24(31)22-15-18-14-19(25)7-8-20(18)26-22/h2-8,14-16,21,23,26H,9-13H2,1H3,(H,27,31). The van der Waals surface area contributed by atoms with Crippen molar-refractivity contribution in [1.29, 1.82) is 0 Å². The number of likely N-dealkylation sites (N-methyl/N-ethyl adjacent to an activating group) is 1. The van der Waals surface area contributed by atoms with Gasteiger partial charge in [-0.2, -0.15) is 0 Å². The van der Waals surface area contributed by atoms with Crippen LogP contribution in [0.25, 0.3) is 10.9 Å². The average molecular weight is 439 g/mol. The van der Waals surface area contributed by atoms with Gasteiger partial charge in [-0.25, -0.2) is 0 Å². The quantitative estimate of drug-likeness (QED) is 0.556. The molecule has 4 rings (SSSR count). The monoisotopic (exact) mass is 438 g/mol. The molecule has 1 aliphatic rings. The molecule has 6 nitrogen and oxygen atoms in total. The lowest BCUT2D eigenvalue weighted by atomic mass is 9.98. The van der Waals surface area contributed by atoms with Gasteiger partial charge in [0.25, 0.3) is 5.91 Å². The molecular weight excluding hydrogens is 412 g/mol. The second-order valence-electron chi connectivity index (χ2n) is 8.15. The van der Waals surface area contributed by atoms with Gasteiger partial charge in [-0.1, -0.05) is 41.9 Å². The fraction of sp³-hybridized carbons (Fsp3) is 0.333. The number of aldehydes is 1. The van der Waals surface area contributed by atoms with Crippen LogP contribution in [0.5, 0.6) is 0 Å². The van der Waals surface area contributed by atoms with Gasteiger partial charge >= 0.3 is 0 Å². The number of halogens is 1. The molecule has 1 aliphatic heterocycles. The van der Waals surface area contributed by atoms with E-state index in [4.69, 9.17) is 11.6 Å². The first-order valence-corrected chi connectivity index (χ1v) is 10.9. The molecular formula is C24H27ClN4O2. The Morgan fingerprint density at radius 1 is 1.13 bits per heavy atom. The van der Waals surface area contributed by atoms with Gasteiger partial charge in [-0.3, -0.25) is 9.69 Å². The van der Waals surface area contributed by atoms with Crippen LogP contribution in [0.4, 0.5) is 0 Å². The Labute approximate surface area is 187 Å². The Balaban J connectivity index is 1.57. The molecule has 1 saturated heterocycles. The van der Waals surface area contributed by atoms with Crippen molar-refractivity contribution in [2.45, 2.75) is 18.5 Å². The van der Waals surface area contributed by atoms with Crippen LogP contribution in [0.3, 0.4) is 0 Å². The highest BCUT2D eigenvalue weighted by Crippen LogP contribution is 2.20. The van der Waals surface area contributed by atoms with Crippen molar-refractivity contribution in [3.63, 3.8) is 0 Å². The predicted octanol–water partition coefficient (Wildman–Crippen LogP) is 2.98. The molecule has 2 atom stereocenters. The van der Waals surface area contributed by atoms with E-state index in [1.807, 2.05) is 42.5 Å². The van der Waals surface area contributed by atoms with Gasteiger partial charge in [0.2, 0.25) is 0 Å². The Hall–Kier alpha value is -2.67. The van der Waals surface area contributed by atoms with E-state index in [1.54, 1.807) is 12.1 Å². The molecule has 2 aromatic carbocycles. The second kappa shape index (κ2) is 9.64. The Morgan fingerprint density at radius 3 is 2.58 bits per heavy atom.